The highest BCUT2D eigenvalue weighted by Crippen LogP contribution is 2.36. The molecule has 2 aliphatic rings. The van der Waals surface area contributed by atoms with Crippen molar-refractivity contribution < 1.29 is 19.1 Å². The van der Waals surface area contributed by atoms with Crippen molar-refractivity contribution in [2.24, 2.45) is 5.92 Å². The van der Waals surface area contributed by atoms with Crippen LogP contribution in [0.25, 0.3) is 0 Å². The van der Waals surface area contributed by atoms with Gasteiger partial charge in [-0.3, -0.25) is 9.69 Å². The van der Waals surface area contributed by atoms with Crippen molar-refractivity contribution in [3.8, 4) is 0 Å². The third kappa shape index (κ3) is 3.01. The number of methoxy groups -OCH3 is 1. The van der Waals surface area contributed by atoms with E-state index in [1.807, 2.05) is 0 Å². The van der Waals surface area contributed by atoms with Gasteiger partial charge in [0, 0.05) is 6.04 Å². The number of ether oxygens (including phenoxy) is 2. The molecule has 1 amide bonds. The lowest BCUT2D eigenvalue weighted by Gasteiger charge is -2.40. The normalized spacial score (nSPS) is 29.9. The van der Waals surface area contributed by atoms with E-state index in [9.17, 15) is 9.59 Å². The zero-order valence-corrected chi connectivity index (χ0v) is 11.8. The lowest BCUT2D eigenvalue weighted by molar-refractivity contribution is -0.142. The topological polar surface area (TPSA) is 55.8 Å². The highest BCUT2D eigenvalue weighted by atomic mass is 16.6. The minimum atomic E-state index is -0.264. The van der Waals surface area contributed by atoms with Gasteiger partial charge in [-0.15, -0.1) is 0 Å². The van der Waals surface area contributed by atoms with E-state index in [1.54, 1.807) is 4.90 Å². The van der Waals surface area contributed by atoms with Crippen molar-refractivity contribution in [2.45, 2.75) is 57.5 Å². The number of hydrogen-bond donors (Lipinski definition) is 0. The molecule has 19 heavy (non-hydrogen) atoms. The zero-order chi connectivity index (χ0) is 13.8. The summed E-state index contributed by atoms with van der Waals surface area (Å²) in [4.78, 5) is 25.2. The summed E-state index contributed by atoms with van der Waals surface area (Å²) in [5.74, 6) is 0.146. The smallest absolute Gasteiger partial charge is 0.410 e. The molecule has 2 saturated heterocycles. The second-order valence-corrected chi connectivity index (χ2v) is 5.47. The van der Waals surface area contributed by atoms with Crippen molar-refractivity contribution in [1.82, 2.24) is 4.90 Å². The quantitative estimate of drug-likeness (QED) is 0.719. The van der Waals surface area contributed by atoms with E-state index in [0.29, 0.717) is 12.5 Å². The Labute approximate surface area is 114 Å². The summed E-state index contributed by atoms with van der Waals surface area (Å²) < 4.78 is 9.90. The van der Waals surface area contributed by atoms with Crippen LogP contribution in [0, 0.1) is 5.92 Å². The number of rotatable bonds is 5. The predicted octanol–water partition coefficient (Wildman–Crippen LogP) is 2.34. The molecule has 0 spiro atoms. The van der Waals surface area contributed by atoms with Crippen molar-refractivity contribution in [3.63, 3.8) is 0 Å². The molecule has 0 bridgehead atoms. The summed E-state index contributed by atoms with van der Waals surface area (Å²) >= 11 is 0. The van der Waals surface area contributed by atoms with E-state index < -0.39 is 0 Å². The van der Waals surface area contributed by atoms with Crippen molar-refractivity contribution in [1.29, 1.82) is 0 Å². The van der Waals surface area contributed by atoms with Gasteiger partial charge in [0.15, 0.2) is 0 Å². The first-order valence-corrected chi connectivity index (χ1v) is 7.19. The molecule has 0 aromatic rings. The maximum atomic E-state index is 11.9. The second-order valence-electron chi connectivity index (χ2n) is 5.47. The summed E-state index contributed by atoms with van der Waals surface area (Å²) in [6.07, 6.45) is 5.41. The fraction of sp³-hybridized carbons (Fsp3) is 0.857. The summed E-state index contributed by atoms with van der Waals surface area (Å²) in [6.45, 7) is 2.63. The minimum Gasteiger partial charge on any atom is -0.469 e. The molecule has 0 unspecified atom stereocenters. The van der Waals surface area contributed by atoms with Crippen molar-refractivity contribution in [3.05, 3.63) is 0 Å². The average Bonchev–Trinajstić information content (AvgIpc) is 2.79. The van der Waals surface area contributed by atoms with E-state index in [-0.39, 0.29) is 30.6 Å². The molecule has 2 rings (SSSR count). The number of nitrogens with zero attached hydrogens (tertiary/aromatic N) is 1. The van der Waals surface area contributed by atoms with Gasteiger partial charge >= 0.3 is 12.1 Å². The number of cyclic esters (lactones) is 1. The molecule has 2 aliphatic heterocycles. The number of hydrogen-bond acceptors (Lipinski definition) is 4. The SMILES string of the molecule is CCCC[C@H]1CC[C@H]2COC(=O)N2[C@@H]1CC(=O)OC. The monoisotopic (exact) mass is 269 g/mol. The first-order chi connectivity index (χ1) is 9.17. The number of piperidine rings is 1. The number of esters is 1. The van der Waals surface area contributed by atoms with Crippen LogP contribution in [0.4, 0.5) is 4.79 Å². The first kappa shape index (κ1) is 14.2. The van der Waals surface area contributed by atoms with Crippen LogP contribution in [0.15, 0.2) is 0 Å². The molecule has 3 atom stereocenters. The van der Waals surface area contributed by atoms with Crippen LogP contribution in [0.3, 0.4) is 0 Å². The maximum absolute atomic E-state index is 11.9. The Balaban J connectivity index is 2.10. The van der Waals surface area contributed by atoms with E-state index >= 15 is 0 Å². The highest BCUT2D eigenvalue weighted by Gasteiger charge is 2.45. The fourth-order valence-electron chi connectivity index (χ4n) is 3.25. The summed E-state index contributed by atoms with van der Waals surface area (Å²) in [5, 5.41) is 0. The van der Waals surface area contributed by atoms with Gasteiger partial charge in [-0.1, -0.05) is 19.8 Å². The standard InChI is InChI=1S/C14H23NO4/c1-3-4-5-10-6-7-11-9-19-14(17)15(11)12(10)8-13(16)18-2/h10-12H,3-9H2,1-2H3/t10-,11-,12+/m0/s1. The van der Waals surface area contributed by atoms with E-state index in [1.165, 1.54) is 7.11 Å². The van der Waals surface area contributed by atoms with Gasteiger partial charge in [0.1, 0.15) is 6.61 Å². The summed E-state index contributed by atoms with van der Waals surface area (Å²) in [6, 6.07) is 0.104. The molecule has 0 aromatic heterocycles. The Kier molecular flexibility index (Phi) is 4.66. The third-order valence-corrected chi connectivity index (χ3v) is 4.31. The molecular formula is C14H23NO4. The molecule has 2 fully saturated rings. The molecule has 108 valence electrons. The number of fused-ring (bicyclic) bond motifs is 1. The summed E-state index contributed by atoms with van der Waals surface area (Å²) in [5.41, 5.74) is 0. The largest absolute Gasteiger partial charge is 0.469 e. The Hall–Kier alpha value is -1.26. The molecule has 0 radical (unpaired) electrons. The number of unbranched alkanes of at least 4 members (excludes halogenated alkanes) is 1. The Morgan fingerprint density at radius 3 is 2.95 bits per heavy atom. The summed E-state index contributed by atoms with van der Waals surface area (Å²) in [7, 11) is 1.39. The van der Waals surface area contributed by atoms with Crippen molar-refractivity contribution >= 4 is 12.1 Å². The molecular weight excluding hydrogens is 246 g/mol. The Morgan fingerprint density at radius 2 is 2.26 bits per heavy atom. The zero-order valence-electron chi connectivity index (χ0n) is 11.8. The predicted molar refractivity (Wildman–Crippen MR) is 69.6 cm³/mol. The van der Waals surface area contributed by atoms with Crippen LogP contribution >= 0.6 is 0 Å². The fourth-order valence-corrected chi connectivity index (χ4v) is 3.25. The van der Waals surface area contributed by atoms with E-state index in [2.05, 4.69) is 6.92 Å². The van der Waals surface area contributed by atoms with Gasteiger partial charge in [-0.25, -0.2) is 4.79 Å². The van der Waals surface area contributed by atoms with Gasteiger partial charge in [0.25, 0.3) is 0 Å². The second kappa shape index (κ2) is 6.26. The molecule has 0 saturated carbocycles. The van der Waals surface area contributed by atoms with Crippen molar-refractivity contribution in [2.75, 3.05) is 13.7 Å². The van der Waals surface area contributed by atoms with Crippen LogP contribution in [0.2, 0.25) is 0 Å². The number of carbonyl (C=O) groups excluding carboxylic acids is 2. The van der Waals surface area contributed by atoms with Crippen LogP contribution in [-0.4, -0.2) is 42.8 Å². The van der Waals surface area contributed by atoms with Crippen LogP contribution in [0.1, 0.15) is 45.4 Å². The van der Waals surface area contributed by atoms with Gasteiger partial charge in [-0.2, -0.15) is 0 Å². The van der Waals surface area contributed by atoms with E-state index in [4.69, 9.17) is 9.47 Å². The lowest BCUT2D eigenvalue weighted by atomic mass is 9.81. The van der Waals surface area contributed by atoms with Gasteiger partial charge in [0.05, 0.1) is 19.6 Å². The lowest BCUT2D eigenvalue weighted by Crippen LogP contribution is -2.51. The Morgan fingerprint density at radius 1 is 1.47 bits per heavy atom. The maximum Gasteiger partial charge on any atom is 0.410 e. The molecule has 5 nitrogen and oxygen atoms in total. The van der Waals surface area contributed by atoms with E-state index in [0.717, 1.165) is 32.1 Å². The van der Waals surface area contributed by atoms with Gasteiger partial charge < -0.3 is 9.47 Å². The number of amides is 1. The number of carbonyl (C=O) groups is 2. The first-order valence-electron chi connectivity index (χ1n) is 7.19. The van der Waals surface area contributed by atoms with Gasteiger partial charge in [0.2, 0.25) is 0 Å². The highest BCUT2D eigenvalue weighted by molar-refractivity contribution is 5.74. The van der Waals surface area contributed by atoms with Crippen LogP contribution in [-0.2, 0) is 14.3 Å². The van der Waals surface area contributed by atoms with Crippen LogP contribution < -0.4 is 0 Å². The molecule has 0 aliphatic carbocycles. The molecule has 2 heterocycles. The third-order valence-electron chi connectivity index (χ3n) is 4.31. The molecule has 0 aromatic carbocycles. The van der Waals surface area contributed by atoms with Gasteiger partial charge in [-0.05, 0) is 25.2 Å². The average molecular weight is 269 g/mol. The Bertz CT molecular complexity index is 344. The molecule has 0 N–H and O–H groups in total. The minimum absolute atomic E-state index is 0.0484. The van der Waals surface area contributed by atoms with Crippen LogP contribution in [0.5, 0.6) is 0 Å². The molecule has 5 heteroatoms.